The quantitative estimate of drug-likeness (QED) is 0.664. The maximum atomic E-state index is 12.6. The van der Waals surface area contributed by atoms with Gasteiger partial charge in [0.15, 0.2) is 0 Å². The molecule has 0 aliphatic carbocycles. The lowest BCUT2D eigenvalue weighted by molar-refractivity contribution is -0.135. The molecule has 0 radical (unpaired) electrons. The second-order valence-electron chi connectivity index (χ2n) is 5.81. The Morgan fingerprint density at radius 3 is 2.76 bits per heavy atom. The van der Waals surface area contributed by atoms with Crippen LogP contribution in [0.25, 0.3) is 10.9 Å². The van der Waals surface area contributed by atoms with Crippen LogP contribution in [0.15, 0.2) is 48.2 Å². The Labute approximate surface area is 144 Å². The van der Waals surface area contributed by atoms with Crippen molar-refractivity contribution in [2.45, 2.75) is 6.54 Å². The number of amides is 1. The van der Waals surface area contributed by atoms with Crippen LogP contribution < -0.4 is 0 Å². The zero-order valence-corrected chi connectivity index (χ0v) is 13.7. The van der Waals surface area contributed by atoms with Crippen molar-refractivity contribution < 1.29 is 9.53 Å². The van der Waals surface area contributed by atoms with E-state index in [1.54, 1.807) is 6.21 Å². The third-order valence-corrected chi connectivity index (χ3v) is 4.23. The number of rotatable bonds is 4. The van der Waals surface area contributed by atoms with Crippen LogP contribution in [0.1, 0.15) is 5.56 Å². The van der Waals surface area contributed by atoms with E-state index < -0.39 is 0 Å². The normalized spacial score (nSPS) is 15.3. The van der Waals surface area contributed by atoms with Gasteiger partial charge in [-0.3, -0.25) is 4.79 Å². The molecule has 1 aliphatic heterocycles. The fourth-order valence-corrected chi connectivity index (χ4v) is 2.95. The van der Waals surface area contributed by atoms with E-state index in [1.807, 2.05) is 39.9 Å². The lowest BCUT2D eigenvalue weighted by Gasteiger charge is -2.27. The number of hydrogen-bond donors (Lipinski definition) is 0. The summed E-state index contributed by atoms with van der Waals surface area (Å²) in [6, 6.07) is 7.99. The Balaban J connectivity index is 1.61. The second kappa shape index (κ2) is 6.86. The lowest BCUT2D eigenvalue weighted by Crippen LogP contribution is -2.42. The Morgan fingerprint density at radius 1 is 1.20 bits per heavy atom. The van der Waals surface area contributed by atoms with Gasteiger partial charge in [-0.25, -0.2) is 4.68 Å². The van der Waals surface area contributed by atoms with Gasteiger partial charge >= 0.3 is 0 Å². The number of fused-ring (bicyclic) bond motifs is 1. The van der Waals surface area contributed by atoms with E-state index in [9.17, 15) is 4.79 Å². The third-order valence-electron chi connectivity index (χ3n) is 4.23. The molecule has 25 heavy (non-hydrogen) atoms. The van der Waals surface area contributed by atoms with Crippen molar-refractivity contribution in [1.82, 2.24) is 24.3 Å². The van der Waals surface area contributed by atoms with Crippen LogP contribution in [0.5, 0.6) is 0 Å². The van der Waals surface area contributed by atoms with Crippen LogP contribution in [-0.2, 0) is 16.1 Å². The first-order chi connectivity index (χ1) is 12.3. The summed E-state index contributed by atoms with van der Waals surface area (Å²) in [6.45, 7) is 2.82. The molecule has 0 unspecified atom stereocenters. The third kappa shape index (κ3) is 3.29. The summed E-state index contributed by atoms with van der Waals surface area (Å²) in [5.41, 5.74) is 1.95. The zero-order chi connectivity index (χ0) is 17.1. The monoisotopic (exact) mass is 338 g/mol. The number of benzene rings is 1. The molecule has 0 saturated carbocycles. The fraction of sp³-hybridized carbons (Fsp3) is 0.294. The fourth-order valence-electron chi connectivity index (χ4n) is 2.95. The van der Waals surface area contributed by atoms with Crippen LogP contribution in [0.2, 0.25) is 0 Å². The number of para-hydroxylation sites is 1. The van der Waals surface area contributed by atoms with Gasteiger partial charge in [-0.2, -0.15) is 5.10 Å². The van der Waals surface area contributed by atoms with E-state index in [0.717, 1.165) is 16.5 Å². The molecule has 3 heterocycles. The van der Waals surface area contributed by atoms with E-state index in [2.05, 4.69) is 15.3 Å². The summed E-state index contributed by atoms with van der Waals surface area (Å²) < 4.78 is 8.82. The maximum absolute atomic E-state index is 12.6. The molecule has 1 aromatic carbocycles. The largest absolute Gasteiger partial charge is 0.378 e. The number of aromatic nitrogens is 4. The second-order valence-corrected chi connectivity index (χ2v) is 5.81. The first-order valence-corrected chi connectivity index (χ1v) is 8.13. The first-order valence-electron chi connectivity index (χ1n) is 8.13. The zero-order valence-electron chi connectivity index (χ0n) is 13.7. The molecule has 2 aromatic heterocycles. The van der Waals surface area contributed by atoms with Gasteiger partial charge in [-0.1, -0.05) is 18.2 Å². The van der Waals surface area contributed by atoms with Gasteiger partial charge in [-0.05, 0) is 6.07 Å². The highest BCUT2D eigenvalue weighted by atomic mass is 16.5. The number of nitrogens with zero attached hydrogens (tertiary/aromatic N) is 6. The lowest BCUT2D eigenvalue weighted by atomic mass is 10.2. The van der Waals surface area contributed by atoms with Crippen LogP contribution in [0.3, 0.4) is 0 Å². The molecule has 3 aromatic rings. The van der Waals surface area contributed by atoms with Crippen molar-refractivity contribution in [2.75, 3.05) is 26.3 Å². The van der Waals surface area contributed by atoms with Gasteiger partial charge in [0, 0.05) is 35.8 Å². The number of carbonyl (C=O) groups is 1. The number of ether oxygens (including phenoxy) is 1. The summed E-state index contributed by atoms with van der Waals surface area (Å²) in [6.07, 6.45) is 6.76. The van der Waals surface area contributed by atoms with Gasteiger partial charge in [0.1, 0.15) is 19.2 Å². The van der Waals surface area contributed by atoms with Gasteiger partial charge in [-0.15, -0.1) is 10.2 Å². The van der Waals surface area contributed by atoms with Gasteiger partial charge < -0.3 is 14.2 Å². The Kier molecular flexibility index (Phi) is 4.26. The van der Waals surface area contributed by atoms with Crippen molar-refractivity contribution in [1.29, 1.82) is 0 Å². The molecule has 8 heteroatoms. The van der Waals surface area contributed by atoms with E-state index in [1.165, 1.54) is 17.3 Å². The highest BCUT2D eigenvalue weighted by Gasteiger charge is 2.18. The van der Waals surface area contributed by atoms with Gasteiger partial charge in [0.05, 0.1) is 19.4 Å². The summed E-state index contributed by atoms with van der Waals surface area (Å²) in [4.78, 5) is 14.4. The molecule has 1 saturated heterocycles. The van der Waals surface area contributed by atoms with E-state index >= 15 is 0 Å². The first kappa shape index (κ1) is 15.5. The molecular weight excluding hydrogens is 320 g/mol. The van der Waals surface area contributed by atoms with E-state index in [-0.39, 0.29) is 5.91 Å². The average molecular weight is 338 g/mol. The molecule has 0 atom stereocenters. The Morgan fingerprint density at radius 2 is 1.96 bits per heavy atom. The molecule has 1 amide bonds. The van der Waals surface area contributed by atoms with Crippen molar-refractivity contribution in [3.8, 4) is 0 Å². The van der Waals surface area contributed by atoms with E-state index in [0.29, 0.717) is 32.8 Å². The number of carbonyl (C=O) groups excluding carboxylic acids is 1. The number of morpholine rings is 1. The van der Waals surface area contributed by atoms with Crippen molar-refractivity contribution >= 4 is 23.0 Å². The molecule has 1 fully saturated rings. The van der Waals surface area contributed by atoms with E-state index in [4.69, 9.17) is 4.74 Å². The summed E-state index contributed by atoms with van der Waals surface area (Å²) in [7, 11) is 0. The summed E-state index contributed by atoms with van der Waals surface area (Å²) >= 11 is 0. The average Bonchev–Trinajstić information content (AvgIpc) is 3.29. The molecule has 0 N–H and O–H groups in total. The molecule has 1 aliphatic rings. The minimum Gasteiger partial charge on any atom is -0.378 e. The number of hydrogen-bond acceptors (Lipinski definition) is 5. The standard InChI is InChI=1S/C17H18N6O2/c24-17(21-5-7-25-8-6-21)11-22-10-14(9-20-23-12-18-19-13-23)15-3-1-2-4-16(15)22/h1-4,9-10,12-13H,5-8,11H2/b20-9-. The molecule has 128 valence electrons. The highest BCUT2D eigenvalue weighted by Crippen LogP contribution is 2.20. The minimum absolute atomic E-state index is 0.103. The topological polar surface area (TPSA) is 77.5 Å². The Bertz CT molecular complexity index is 893. The van der Waals surface area contributed by atoms with Crippen molar-refractivity contribution in [3.05, 3.63) is 48.7 Å². The highest BCUT2D eigenvalue weighted by molar-refractivity contribution is 5.99. The maximum Gasteiger partial charge on any atom is 0.242 e. The minimum atomic E-state index is 0.103. The molecule has 0 spiro atoms. The summed E-state index contributed by atoms with van der Waals surface area (Å²) in [5.74, 6) is 0.103. The molecule has 8 nitrogen and oxygen atoms in total. The van der Waals surface area contributed by atoms with Crippen LogP contribution in [0.4, 0.5) is 0 Å². The predicted octanol–water partition coefficient (Wildman–Crippen LogP) is 0.974. The van der Waals surface area contributed by atoms with Gasteiger partial charge in [0.25, 0.3) is 0 Å². The van der Waals surface area contributed by atoms with Crippen LogP contribution >= 0.6 is 0 Å². The van der Waals surface area contributed by atoms with Crippen molar-refractivity contribution in [3.63, 3.8) is 0 Å². The van der Waals surface area contributed by atoms with Crippen molar-refractivity contribution in [2.24, 2.45) is 5.10 Å². The Hall–Kier alpha value is -3.00. The predicted molar refractivity (Wildman–Crippen MR) is 92.4 cm³/mol. The SMILES string of the molecule is O=C(Cn1cc(/C=N\n2cnnc2)c2ccccc21)N1CCOCC1. The summed E-state index contributed by atoms with van der Waals surface area (Å²) in [5, 5.41) is 12.8. The van der Waals surface area contributed by atoms with Crippen LogP contribution in [0, 0.1) is 0 Å². The van der Waals surface area contributed by atoms with Crippen LogP contribution in [-0.4, -0.2) is 62.8 Å². The molecule has 4 rings (SSSR count). The van der Waals surface area contributed by atoms with Gasteiger partial charge in [0.2, 0.25) is 5.91 Å². The smallest absolute Gasteiger partial charge is 0.242 e. The molecule has 0 bridgehead atoms. The molecular formula is C17H18N6O2.